The van der Waals surface area contributed by atoms with Crippen LogP contribution in [0.4, 0.5) is 5.69 Å². The molecule has 0 aromatic heterocycles. The van der Waals surface area contributed by atoms with Crippen LogP contribution in [0.15, 0.2) is 18.2 Å². The van der Waals surface area contributed by atoms with Gasteiger partial charge in [-0.15, -0.1) is 0 Å². The van der Waals surface area contributed by atoms with Gasteiger partial charge in [-0.1, -0.05) is 19.1 Å². The van der Waals surface area contributed by atoms with Crippen molar-refractivity contribution in [2.75, 3.05) is 31.6 Å². The van der Waals surface area contributed by atoms with E-state index >= 15 is 0 Å². The van der Waals surface area contributed by atoms with E-state index in [4.69, 9.17) is 5.73 Å². The summed E-state index contributed by atoms with van der Waals surface area (Å²) in [6.45, 7) is 7.73. The Bertz CT molecular complexity index is 485. The van der Waals surface area contributed by atoms with E-state index in [1.54, 1.807) is 0 Å². The average molecular weight is 273 g/mol. The van der Waals surface area contributed by atoms with Crippen LogP contribution in [0.5, 0.6) is 0 Å². The predicted molar refractivity (Wildman–Crippen MR) is 85.2 cm³/mol. The van der Waals surface area contributed by atoms with Crippen LogP contribution in [0.1, 0.15) is 37.4 Å². The molecule has 0 saturated carbocycles. The van der Waals surface area contributed by atoms with Crippen molar-refractivity contribution in [3.05, 3.63) is 29.3 Å². The number of likely N-dealkylation sites (tertiary alicyclic amines) is 1. The molecule has 2 aliphatic heterocycles. The van der Waals surface area contributed by atoms with E-state index in [0.29, 0.717) is 18.6 Å². The summed E-state index contributed by atoms with van der Waals surface area (Å²) in [5.74, 6) is 0.791. The summed E-state index contributed by atoms with van der Waals surface area (Å²) >= 11 is 0. The number of anilines is 1. The highest BCUT2D eigenvalue weighted by Gasteiger charge is 2.32. The van der Waals surface area contributed by atoms with Crippen LogP contribution in [0.3, 0.4) is 0 Å². The average Bonchev–Trinajstić information content (AvgIpc) is 2.95. The molecule has 0 radical (unpaired) electrons. The lowest BCUT2D eigenvalue weighted by molar-refractivity contribution is 0.192. The number of nitrogens with two attached hydrogens (primary N) is 1. The summed E-state index contributed by atoms with van der Waals surface area (Å²) in [4.78, 5) is 4.95. The fourth-order valence-electron chi connectivity index (χ4n) is 4.02. The molecule has 0 bridgehead atoms. The molecule has 1 aromatic carbocycles. The van der Waals surface area contributed by atoms with Crippen LogP contribution >= 0.6 is 0 Å². The van der Waals surface area contributed by atoms with Gasteiger partial charge >= 0.3 is 0 Å². The van der Waals surface area contributed by atoms with Crippen LogP contribution in [-0.4, -0.2) is 37.6 Å². The minimum atomic E-state index is 0.381. The van der Waals surface area contributed by atoms with E-state index in [0.717, 1.165) is 12.5 Å². The first-order valence-electron chi connectivity index (χ1n) is 7.90. The number of fused-ring (bicyclic) bond motifs is 1. The predicted octanol–water partition coefficient (Wildman–Crippen LogP) is 2.41. The molecule has 2 heterocycles. The van der Waals surface area contributed by atoms with E-state index in [1.807, 2.05) is 0 Å². The summed E-state index contributed by atoms with van der Waals surface area (Å²) in [6, 6.07) is 7.99. The molecule has 1 saturated heterocycles. The number of nitrogens with zero attached hydrogens (tertiary/aromatic N) is 2. The summed E-state index contributed by atoms with van der Waals surface area (Å²) in [5.41, 5.74) is 10.4. The summed E-state index contributed by atoms with van der Waals surface area (Å²) in [7, 11) is 2.18. The fourth-order valence-corrected chi connectivity index (χ4v) is 4.02. The smallest absolute Gasteiger partial charge is 0.0473 e. The van der Waals surface area contributed by atoms with E-state index < -0.39 is 0 Å². The minimum absolute atomic E-state index is 0.381. The molecule has 3 nitrogen and oxygen atoms in total. The standard InChI is InChI=1S/C17H27N3/c1-12-8-13(2)20(11-12)17(10-18)14-4-5-16-15(9-14)6-7-19(16)3/h4-5,9,12-13,17H,6-8,10-11,18H2,1-3H3. The zero-order chi connectivity index (χ0) is 14.3. The first-order valence-corrected chi connectivity index (χ1v) is 7.90. The lowest BCUT2D eigenvalue weighted by atomic mass is 10.0. The van der Waals surface area contributed by atoms with Crippen LogP contribution in [-0.2, 0) is 6.42 Å². The lowest BCUT2D eigenvalue weighted by Gasteiger charge is -2.31. The third kappa shape index (κ3) is 2.33. The first kappa shape index (κ1) is 13.9. The van der Waals surface area contributed by atoms with Crippen molar-refractivity contribution in [1.82, 2.24) is 4.90 Å². The summed E-state index contributed by atoms with van der Waals surface area (Å²) in [5, 5.41) is 0. The van der Waals surface area contributed by atoms with E-state index in [-0.39, 0.29) is 0 Å². The van der Waals surface area contributed by atoms with Gasteiger partial charge in [0.1, 0.15) is 0 Å². The van der Waals surface area contributed by atoms with Crippen LogP contribution in [0, 0.1) is 5.92 Å². The topological polar surface area (TPSA) is 32.5 Å². The van der Waals surface area contributed by atoms with Crippen molar-refractivity contribution in [1.29, 1.82) is 0 Å². The molecular weight excluding hydrogens is 246 g/mol. The Hall–Kier alpha value is -1.06. The van der Waals surface area contributed by atoms with Gasteiger partial charge < -0.3 is 10.6 Å². The molecule has 0 aliphatic carbocycles. The van der Waals surface area contributed by atoms with Gasteiger partial charge in [0.15, 0.2) is 0 Å². The van der Waals surface area contributed by atoms with E-state index in [1.165, 1.54) is 36.2 Å². The number of hydrogen-bond donors (Lipinski definition) is 1. The van der Waals surface area contributed by atoms with Crippen molar-refractivity contribution in [3.63, 3.8) is 0 Å². The molecule has 0 amide bonds. The molecule has 110 valence electrons. The maximum Gasteiger partial charge on any atom is 0.0473 e. The molecule has 2 aliphatic rings. The third-order valence-corrected chi connectivity index (χ3v) is 5.07. The van der Waals surface area contributed by atoms with Crippen molar-refractivity contribution in [2.24, 2.45) is 11.7 Å². The molecule has 0 spiro atoms. The third-order valence-electron chi connectivity index (χ3n) is 5.07. The Kier molecular flexibility index (Phi) is 3.74. The Labute approximate surface area is 122 Å². The number of benzene rings is 1. The monoisotopic (exact) mass is 273 g/mol. The highest BCUT2D eigenvalue weighted by molar-refractivity contribution is 5.58. The molecule has 1 aromatic rings. The highest BCUT2D eigenvalue weighted by atomic mass is 15.2. The van der Waals surface area contributed by atoms with Gasteiger partial charge in [0.2, 0.25) is 0 Å². The summed E-state index contributed by atoms with van der Waals surface area (Å²) in [6.07, 6.45) is 2.47. The van der Waals surface area contributed by atoms with Crippen LogP contribution in [0.25, 0.3) is 0 Å². The number of likely N-dealkylation sites (N-methyl/N-ethyl adjacent to an activating group) is 1. The first-order chi connectivity index (χ1) is 9.60. The van der Waals surface area contributed by atoms with E-state index in [9.17, 15) is 0 Å². The zero-order valence-corrected chi connectivity index (χ0v) is 13.0. The van der Waals surface area contributed by atoms with Gasteiger partial charge in [-0.05, 0) is 42.9 Å². The molecule has 3 heteroatoms. The lowest BCUT2D eigenvalue weighted by Crippen LogP contribution is -2.36. The molecular formula is C17H27N3. The Morgan fingerprint density at radius 3 is 2.80 bits per heavy atom. The number of hydrogen-bond acceptors (Lipinski definition) is 3. The summed E-state index contributed by atoms with van der Waals surface area (Å²) < 4.78 is 0. The molecule has 3 rings (SSSR count). The maximum atomic E-state index is 6.11. The molecule has 2 N–H and O–H groups in total. The zero-order valence-electron chi connectivity index (χ0n) is 13.0. The molecule has 3 unspecified atom stereocenters. The van der Waals surface area contributed by atoms with Crippen molar-refractivity contribution < 1.29 is 0 Å². The van der Waals surface area contributed by atoms with Gasteiger partial charge in [-0.2, -0.15) is 0 Å². The van der Waals surface area contributed by atoms with E-state index in [2.05, 4.69) is 48.9 Å². The van der Waals surface area contributed by atoms with Crippen LogP contribution in [0.2, 0.25) is 0 Å². The number of rotatable bonds is 3. The second kappa shape index (κ2) is 5.38. The van der Waals surface area contributed by atoms with Crippen molar-refractivity contribution >= 4 is 5.69 Å². The van der Waals surface area contributed by atoms with Crippen molar-refractivity contribution in [2.45, 2.75) is 38.8 Å². The van der Waals surface area contributed by atoms with Gasteiger partial charge in [0.05, 0.1) is 0 Å². The van der Waals surface area contributed by atoms with Gasteiger partial charge in [0.25, 0.3) is 0 Å². The Morgan fingerprint density at radius 1 is 1.35 bits per heavy atom. The van der Waals surface area contributed by atoms with Crippen molar-refractivity contribution in [3.8, 4) is 0 Å². The largest absolute Gasteiger partial charge is 0.374 e. The van der Waals surface area contributed by atoms with Gasteiger partial charge in [0, 0.05) is 44.5 Å². The fraction of sp³-hybridized carbons (Fsp3) is 0.647. The Morgan fingerprint density at radius 2 is 2.15 bits per heavy atom. The molecule has 3 atom stereocenters. The highest BCUT2D eigenvalue weighted by Crippen LogP contribution is 2.34. The van der Waals surface area contributed by atoms with Gasteiger partial charge in [-0.25, -0.2) is 0 Å². The second-order valence-electron chi connectivity index (χ2n) is 6.70. The molecule has 1 fully saturated rings. The van der Waals surface area contributed by atoms with Gasteiger partial charge in [-0.3, -0.25) is 4.90 Å². The SMILES string of the molecule is CC1CC(C)N(C(CN)c2ccc3c(c2)CCN3C)C1. The van der Waals surface area contributed by atoms with Crippen LogP contribution < -0.4 is 10.6 Å². The maximum absolute atomic E-state index is 6.11. The second-order valence-corrected chi connectivity index (χ2v) is 6.70. The normalized spacial score (nSPS) is 27.9. The quantitative estimate of drug-likeness (QED) is 0.918. The molecule has 20 heavy (non-hydrogen) atoms. The Balaban J connectivity index is 1.87. The minimum Gasteiger partial charge on any atom is -0.374 e.